The fourth-order valence-corrected chi connectivity index (χ4v) is 9.62. The van der Waals surface area contributed by atoms with Crippen LogP contribution in [-0.4, -0.2) is 29.5 Å². The number of carbonyl (C=O) groups is 1. The molecule has 4 aliphatic carbocycles. The normalized spacial score (nSPS) is 48.0. The molecule has 33 heavy (non-hydrogen) atoms. The number of carbonyl (C=O) groups excluding carboxylic acids is 1. The Morgan fingerprint density at radius 3 is 2.39 bits per heavy atom. The highest BCUT2D eigenvalue weighted by molar-refractivity contribution is 5.66. The van der Waals surface area contributed by atoms with Crippen LogP contribution in [0.3, 0.4) is 0 Å². The Balaban J connectivity index is 1.57. The molecule has 3 nitrogen and oxygen atoms in total. The van der Waals surface area contributed by atoms with Crippen LogP contribution in [0.15, 0.2) is 0 Å². The van der Waals surface area contributed by atoms with Crippen molar-refractivity contribution in [2.24, 2.45) is 52.3 Å². The highest BCUT2D eigenvalue weighted by Gasteiger charge is 2.64. The lowest BCUT2D eigenvalue weighted by Crippen LogP contribution is -2.60. The van der Waals surface area contributed by atoms with Gasteiger partial charge in [-0.25, -0.2) is 4.39 Å². The fourth-order valence-electron chi connectivity index (χ4n) is 9.62. The molecule has 4 rings (SSSR count). The van der Waals surface area contributed by atoms with Gasteiger partial charge in [-0.1, -0.05) is 53.9 Å². The number of rotatable bonds is 6. The standard InChI is InChI=1S/C29H49FO3/c1-17(2)8-7-9-18(3)21-10-11-22-20-14-27(33-19(4)31)24-15-26(32)25(30)16-29(24,6)23(20)12-13-28(21,22)5/h17-18,20-27,32H,7-16H2,1-6H3/t18-,20+,21-,22+,23+,24?,25-,26-,27-,28-,29-/m1/s1. The van der Waals surface area contributed by atoms with Crippen molar-refractivity contribution >= 4 is 5.97 Å². The van der Waals surface area contributed by atoms with E-state index in [2.05, 4.69) is 34.6 Å². The molecule has 0 amide bonds. The van der Waals surface area contributed by atoms with Crippen molar-refractivity contribution < 1.29 is 19.0 Å². The second-order valence-electron chi connectivity index (χ2n) is 13.4. The van der Waals surface area contributed by atoms with E-state index < -0.39 is 12.3 Å². The highest BCUT2D eigenvalue weighted by Crippen LogP contribution is 2.68. The summed E-state index contributed by atoms with van der Waals surface area (Å²) in [4.78, 5) is 12.0. The van der Waals surface area contributed by atoms with E-state index in [9.17, 15) is 14.3 Å². The molecule has 4 heteroatoms. The molecular weight excluding hydrogens is 415 g/mol. The number of aliphatic hydroxyl groups is 1. The van der Waals surface area contributed by atoms with E-state index in [1.807, 2.05) is 0 Å². The van der Waals surface area contributed by atoms with E-state index in [-0.39, 0.29) is 23.4 Å². The number of halogens is 1. The number of hydrogen-bond acceptors (Lipinski definition) is 3. The molecule has 0 aromatic rings. The first-order valence-electron chi connectivity index (χ1n) is 14.0. The molecule has 0 heterocycles. The van der Waals surface area contributed by atoms with Gasteiger partial charge in [0.05, 0.1) is 6.10 Å². The van der Waals surface area contributed by atoms with E-state index in [0.717, 1.165) is 30.6 Å². The average molecular weight is 465 g/mol. The molecule has 4 saturated carbocycles. The quantitative estimate of drug-likeness (QED) is 0.432. The number of hydrogen-bond donors (Lipinski definition) is 1. The minimum Gasteiger partial charge on any atom is -0.462 e. The van der Waals surface area contributed by atoms with Crippen molar-refractivity contribution in [3.05, 3.63) is 0 Å². The van der Waals surface area contributed by atoms with Crippen LogP contribution in [0, 0.1) is 52.3 Å². The van der Waals surface area contributed by atoms with Gasteiger partial charge in [0.1, 0.15) is 12.3 Å². The molecule has 0 saturated heterocycles. The van der Waals surface area contributed by atoms with Crippen LogP contribution in [0.5, 0.6) is 0 Å². The summed E-state index contributed by atoms with van der Waals surface area (Å²) < 4.78 is 20.8. The van der Waals surface area contributed by atoms with Crippen molar-refractivity contribution in [3.63, 3.8) is 0 Å². The summed E-state index contributed by atoms with van der Waals surface area (Å²) in [6, 6.07) is 0. The van der Waals surface area contributed by atoms with Crippen LogP contribution in [-0.2, 0) is 9.53 Å². The van der Waals surface area contributed by atoms with Crippen LogP contribution in [0.2, 0.25) is 0 Å². The lowest BCUT2D eigenvalue weighted by Gasteiger charge is -2.63. The molecule has 1 N–H and O–H groups in total. The molecule has 0 aliphatic heterocycles. The molecule has 4 aliphatic rings. The van der Waals surface area contributed by atoms with Crippen LogP contribution in [0.25, 0.3) is 0 Å². The van der Waals surface area contributed by atoms with Gasteiger partial charge in [0.25, 0.3) is 0 Å². The van der Waals surface area contributed by atoms with Crippen molar-refractivity contribution in [1.82, 2.24) is 0 Å². The largest absolute Gasteiger partial charge is 0.462 e. The van der Waals surface area contributed by atoms with Gasteiger partial charge in [0.15, 0.2) is 0 Å². The van der Waals surface area contributed by atoms with E-state index >= 15 is 0 Å². The monoisotopic (exact) mass is 464 g/mol. The Labute approximate surface area is 201 Å². The summed E-state index contributed by atoms with van der Waals surface area (Å²) in [5, 5.41) is 10.4. The van der Waals surface area contributed by atoms with Gasteiger partial charge in [0.2, 0.25) is 0 Å². The Bertz CT molecular complexity index is 709. The first-order chi connectivity index (χ1) is 15.5. The summed E-state index contributed by atoms with van der Waals surface area (Å²) in [5.74, 6) is 3.77. The summed E-state index contributed by atoms with van der Waals surface area (Å²) in [6.07, 6.45) is 8.46. The highest BCUT2D eigenvalue weighted by atomic mass is 19.1. The minimum absolute atomic E-state index is 0.0705. The van der Waals surface area contributed by atoms with E-state index in [1.54, 1.807) is 0 Å². The van der Waals surface area contributed by atoms with E-state index in [4.69, 9.17) is 4.74 Å². The number of esters is 1. The maximum absolute atomic E-state index is 14.9. The summed E-state index contributed by atoms with van der Waals surface area (Å²) >= 11 is 0. The van der Waals surface area contributed by atoms with Gasteiger partial charge in [-0.2, -0.15) is 0 Å². The predicted octanol–water partition coefficient (Wildman–Crippen LogP) is 6.96. The van der Waals surface area contributed by atoms with Crippen LogP contribution in [0.4, 0.5) is 4.39 Å². The topological polar surface area (TPSA) is 46.5 Å². The number of ether oxygens (including phenoxy) is 1. The lowest BCUT2D eigenvalue weighted by atomic mass is 9.43. The van der Waals surface area contributed by atoms with Gasteiger partial charge in [-0.05, 0) is 91.3 Å². The van der Waals surface area contributed by atoms with Crippen molar-refractivity contribution in [1.29, 1.82) is 0 Å². The predicted molar refractivity (Wildman–Crippen MR) is 130 cm³/mol. The van der Waals surface area contributed by atoms with E-state index in [1.165, 1.54) is 45.4 Å². The maximum atomic E-state index is 14.9. The molecule has 11 atom stereocenters. The zero-order valence-corrected chi connectivity index (χ0v) is 22.0. The van der Waals surface area contributed by atoms with Gasteiger partial charge >= 0.3 is 5.97 Å². The van der Waals surface area contributed by atoms with Crippen LogP contribution < -0.4 is 0 Å². The fraction of sp³-hybridized carbons (Fsp3) is 0.966. The molecule has 0 aromatic heterocycles. The third-order valence-corrected chi connectivity index (χ3v) is 11.2. The lowest BCUT2D eigenvalue weighted by molar-refractivity contribution is -0.201. The van der Waals surface area contributed by atoms with Crippen molar-refractivity contribution in [3.8, 4) is 0 Å². The molecule has 1 unspecified atom stereocenters. The average Bonchev–Trinajstić information content (AvgIpc) is 3.06. The third-order valence-electron chi connectivity index (χ3n) is 11.2. The molecule has 190 valence electrons. The van der Waals surface area contributed by atoms with Gasteiger partial charge in [0, 0.05) is 12.8 Å². The number of fused-ring (bicyclic) bond motifs is 5. The van der Waals surface area contributed by atoms with Gasteiger partial charge in [-0.15, -0.1) is 0 Å². The van der Waals surface area contributed by atoms with E-state index in [0.29, 0.717) is 36.0 Å². The second kappa shape index (κ2) is 9.43. The summed E-state index contributed by atoms with van der Waals surface area (Å²) in [5.41, 5.74) is 0.162. The minimum atomic E-state index is -1.16. The summed E-state index contributed by atoms with van der Waals surface area (Å²) in [6.45, 7) is 13.4. The molecule has 0 aromatic carbocycles. The van der Waals surface area contributed by atoms with Crippen molar-refractivity contribution in [2.75, 3.05) is 0 Å². The second-order valence-corrected chi connectivity index (χ2v) is 13.4. The van der Waals surface area contributed by atoms with Crippen molar-refractivity contribution in [2.45, 2.75) is 124 Å². The SMILES string of the molecule is CC(=O)O[C@@H]1C[C@H]2[C@@H]3CC[C@H]([C@H](C)CCCC(C)C)[C@@]3(C)CC[C@@H]2[C@@]2(C)C[C@@H](F)[C@H](O)CC12. The Hall–Kier alpha value is -0.640. The molecule has 0 radical (unpaired) electrons. The Kier molecular flexibility index (Phi) is 7.27. The maximum Gasteiger partial charge on any atom is 0.302 e. The van der Waals surface area contributed by atoms with Gasteiger partial charge < -0.3 is 9.84 Å². The van der Waals surface area contributed by atoms with Crippen LogP contribution >= 0.6 is 0 Å². The first-order valence-corrected chi connectivity index (χ1v) is 14.0. The first kappa shape index (κ1) is 25.5. The zero-order valence-electron chi connectivity index (χ0n) is 22.0. The number of aliphatic hydroxyl groups excluding tert-OH is 1. The van der Waals surface area contributed by atoms with Gasteiger partial charge in [-0.3, -0.25) is 4.79 Å². The number of alkyl halides is 1. The zero-order chi connectivity index (χ0) is 24.1. The molecule has 0 bridgehead atoms. The molecule has 4 fully saturated rings. The third kappa shape index (κ3) is 4.52. The Morgan fingerprint density at radius 1 is 1.03 bits per heavy atom. The Morgan fingerprint density at radius 2 is 1.73 bits per heavy atom. The van der Waals surface area contributed by atoms with Crippen LogP contribution in [0.1, 0.15) is 106 Å². The molecule has 0 spiro atoms. The summed E-state index contributed by atoms with van der Waals surface area (Å²) in [7, 11) is 0. The smallest absolute Gasteiger partial charge is 0.302 e. The molecular formula is C29H49FO3.